The molecule has 0 fully saturated rings. The molecule has 2 N–H and O–H groups in total. The quantitative estimate of drug-likeness (QED) is 0.129. The van der Waals surface area contributed by atoms with Gasteiger partial charge in [-0.1, -0.05) is 30.7 Å². The standard InChI is InChI=1S/C38H37ClN8OS2/c1-5-15-45(4)35-13-12-34-42-23(3)36(47(34)44-35)32-18-25-9-8-24(17-31(25)49-32)28-20-33(40-14-6-7-16-48)43-46-29(21-41-38(28)46)37-22(2)27-19-26(39)10-11-30(27)50-37/h8-13,17-21,48H,5-7,14-16H2,1-4H3,(H,40,43). The smallest absolute Gasteiger partial charge is 0.162 e. The van der Waals surface area contributed by atoms with Crippen LogP contribution in [0.25, 0.3) is 63.7 Å². The average molecular weight is 721 g/mol. The molecule has 0 spiro atoms. The summed E-state index contributed by atoms with van der Waals surface area (Å²) in [7, 11) is 2.08. The van der Waals surface area contributed by atoms with Gasteiger partial charge in [-0.3, -0.25) is 0 Å². The number of halogens is 1. The van der Waals surface area contributed by atoms with Gasteiger partial charge in [0.1, 0.15) is 23.0 Å². The Morgan fingerprint density at radius 1 is 0.940 bits per heavy atom. The number of nitrogens with zero attached hydrogens (tertiary/aromatic N) is 7. The van der Waals surface area contributed by atoms with Crippen LogP contribution in [0.1, 0.15) is 37.4 Å². The van der Waals surface area contributed by atoms with E-state index in [-0.39, 0.29) is 6.61 Å². The molecule has 0 unspecified atom stereocenters. The number of rotatable bonds is 11. The predicted molar refractivity (Wildman–Crippen MR) is 209 cm³/mol. The summed E-state index contributed by atoms with van der Waals surface area (Å²) in [6.07, 6.45) is 4.55. The SMILES string of the molecule is CCCN(C)c1ccc2nc(C)c(-c3cc4ccc(-c5cc(NCCCCO)nn6c(-c7sc8ccc(Cl)cc8c7C)cnc56)cc4s3)n2n1. The van der Waals surface area contributed by atoms with Gasteiger partial charge in [-0.25, -0.2) is 19.0 Å². The average Bonchev–Trinajstić information content (AvgIpc) is 3.88. The zero-order valence-corrected chi connectivity index (χ0v) is 30.8. The van der Waals surface area contributed by atoms with Crippen molar-refractivity contribution in [2.45, 2.75) is 40.0 Å². The van der Waals surface area contributed by atoms with Gasteiger partial charge in [0, 0.05) is 46.7 Å². The fraction of sp³-hybridized carbons (Fsp3) is 0.263. The highest BCUT2D eigenvalue weighted by Gasteiger charge is 2.21. The summed E-state index contributed by atoms with van der Waals surface area (Å²) in [5.74, 6) is 1.69. The van der Waals surface area contributed by atoms with E-state index in [0.717, 1.165) is 103 Å². The number of aliphatic hydroxyl groups is 1. The van der Waals surface area contributed by atoms with E-state index in [2.05, 4.69) is 80.5 Å². The Bertz CT molecular complexity index is 2530. The van der Waals surface area contributed by atoms with E-state index in [1.807, 2.05) is 33.4 Å². The lowest BCUT2D eigenvalue weighted by molar-refractivity contribution is 0.286. The van der Waals surface area contributed by atoms with Crippen LogP contribution in [0, 0.1) is 13.8 Å². The maximum Gasteiger partial charge on any atom is 0.162 e. The minimum Gasteiger partial charge on any atom is -0.396 e. The topological polar surface area (TPSA) is 95.9 Å². The van der Waals surface area contributed by atoms with Gasteiger partial charge in [-0.2, -0.15) is 0 Å². The van der Waals surface area contributed by atoms with Crippen LogP contribution in [-0.2, 0) is 0 Å². The molecule has 0 aliphatic heterocycles. The Hall–Kier alpha value is -4.55. The lowest BCUT2D eigenvalue weighted by Crippen LogP contribution is -2.19. The van der Waals surface area contributed by atoms with E-state index >= 15 is 0 Å². The highest BCUT2D eigenvalue weighted by molar-refractivity contribution is 7.22. The molecular weight excluding hydrogens is 684 g/mol. The monoisotopic (exact) mass is 720 g/mol. The number of aromatic nitrogens is 6. The largest absolute Gasteiger partial charge is 0.396 e. The predicted octanol–water partition coefficient (Wildman–Crippen LogP) is 9.50. The van der Waals surface area contributed by atoms with Crippen molar-refractivity contribution in [3.8, 4) is 32.3 Å². The zero-order chi connectivity index (χ0) is 34.5. The van der Waals surface area contributed by atoms with E-state index in [1.54, 1.807) is 22.7 Å². The van der Waals surface area contributed by atoms with Crippen LogP contribution < -0.4 is 10.2 Å². The van der Waals surface area contributed by atoms with Gasteiger partial charge in [0.2, 0.25) is 0 Å². The Kier molecular flexibility index (Phi) is 8.68. The fourth-order valence-corrected chi connectivity index (χ4v) is 9.14. The molecular formula is C38H37ClN8OS2. The molecule has 0 aliphatic rings. The number of benzene rings is 2. The molecule has 0 aliphatic carbocycles. The van der Waals surface area contributed by atoms with E-state index < -0.39 is 0 Å². The number of aliphatic hydroxyl groups excluding tert-OH is 1. The number of nitrogens with one attached hydrogen (secondary N) is 1. The van der Waals surface area contributed by atoms with Crippen LogP contribution in [0.2, 0.25) is 5.02 Å². The third kappa shape index (κ3) is 5.77. The number of unbranched alkanes of at least 4 members (excludes halogenated alkanes) is 1. The van der Waals surface area contributed by atoms with Crippen molar-refractivity contribution in [2.24, 2.45) is 0 Å². The first-order valence-corrected chi connectivity index (χ1v) is 18.9. The Balaban J connectivity index is 1.23. The zero-order valence-electron chi connectivity index (χ0n) is 28.4. The van der Waals surface area contributed by atoms with Crippen LogP contribution in [0.4, 0.5) is 11.6 Å². The Morgan fingerprint density at radius 2 is 1.82 bits per heavy atom. The number of aryl methyl sites for hydroxylation is 2. The third-order valence-electron chi connectivity index (χ3n) is 9.14. The van der Waals surface area contributed by atoms with Crippen LogP contribution in [0.3, 0.4) is 0 Å². The second kappa shape index (κ2) is 13.3. The number of imidazole rings is 2. The highest BCUT2D eigenvalue weighted by Crippen LogP contribution is 2.42. The first-order valence-electron chi connectivity index (χ1n) is 16.9. The fourth-order valence-electron chi connectivity index (χ4n) is 6.60. The number of anilines is 2. The van der Waals surface area contributed by atoms with Gasteiger partial charge in [-0.15, -0.1) is 32.9 Å². The van der Waals surface area contributed by atoms with E-state index in [4.69, 9.17) is 31.8 Å². The van der Waals surface area contributed by atoms with E-state index in [1.165, 1.54) is 14.8 Å². The molecule has 9 nitrogen and oxygen atoms in total. The second-order valence-electron chi connectivity index (χ2n) is 12.7. The number of hydrogen-bond donors (Lipinski definition) is 2. The maximum absolute atomic E-state index is 9.33. The molecule has 0 saturated heterocycles. The van der Waals surface area contributed by atoms with Crippen LogP contribution in [0.15, 0.2) is 66.9 Å². The first kappa shape index (κ1) is 32.6. The molecule has 6 aromatic heterocycles. The molecule has 254 valence electrons. The van der Waals surface area contributed by atoms with Crippen molar-refractivity contribution >= 4 is 77.4 Å². The molecule has 0 bridgehead atoms. The van der Waals surface area contributed by atoms with Gasteiger partial charge in [-0.05, 0) is 104 Å². The summed E-state index contributed by atoms with van der Waals surface area (Å²) in [6.45, 7) is 8.18. The van der Waals surface area contributed by atoms with Crippen molar-refractivity contribution < 1.29 is 5.11 Å². The maximum atomic E-state index is 9.33. The minimum absolute atomic E-state index is 0.171. The molecule has 0 saturated carbocycles. The van der Waals surface area contributed by atoms with Crippen LogP contribution in [0.5, 0.6) is 0 Å². The normalized spacial score (nSPS) is 11.9. The van der Waals surface area contributed by atoms with E-state index in [9.17, 15) is 5.11 Å². The molecule has 2 aromatic carbocycles. The van der Waals surface area contributed by atoms with E-state index in [0.29, 0.717) is 6.54 Å². The summed E-state index contributed by atoms with van der Waals surface area (Å²) in [4.78, 5) is 14.2. The molecule has 8 rings (SSSR count). The summed E-state index contributed by atoms with van der Waals surface area (Å²) >= 11 is 9.85. The Morgan fingerprint density at radius 3 is 2.66 bits per heavy atom. The van der Waals surface area contributed by atoms with Crippen LogP contribution >= 0.6 is 34.3 Å². The van der Waals surface area contributed by atoms with Gasteiger partial charge in [0.25, 0.3) is 0 Å². The van der Waals surface area contributed by atoms with Gasteiger partial charge in [0.15, 0.2) is 11.3 Å². The van der Waals surface area contributed by atoms with Crippen LogP contribution in [-0.4, -0.2) is 61.0 Å². The van der Waals surface area contributed by atoms with Crippen molar-refractivity contribution in [1.29, 1.82) is 0 Å². The van der Waals surface area contributed by atoms with Gasteiger partial charge in [0.05, 0.1) is 21.6 Å². The number of hydrogen-bond acceptors (Lipinski definition) is 9. The van der Waals surface area contributed by atoms with Gasteiger partial charge < -0.3 is 15.3 Å². The number of fused-ring (bicyclic) bond motifs is 4. The molecule has 50 heavy (non-hydrogen) atoms. The summed E-state index contributed by atoms with van der Waals surface area (Å²) in [5, 5.41) is 25.9. The second-order valence-corrected chi connectivity index (χ2v) is 15.2. The highest BCUT2D eigenvalue weighted by atomic mass is 35.5. The van der Waals surface area contributed by atoms with Gasteiger partial charge >= 0.3 is 0 Å². The third-order valence-corrected chi connectivity index (χ3v) is 11.8. The summed E-state index contributed by atoms with van der Waals surface area (Å²) in [6, 6.07) is 21.1. The molecule has 0 radical (unpaired) electrons. The molecule has 8 aromatic rings. The lowest BCUT2D eigenvalue weighted by Gasteiger charge is -2.16. The molecule has 12 heteroatoms. The minimum atomic E-state index is 0.171. The van der Waals surface area contributed by atoms with Crippen molar-refractivity contribution in [3.05, 3.63) is 83.1 Å². The number of thiophene rings is 2. The van der Waals surface area contributed by atoms with Crippen molar-refractivity contribution in [1.82, 2.24) is 29.2 Å². The summed E-state index contributed by atoms with van der Waals surface area (Å²) in [5.41, 5.74) is 7.76. The Labute approximate surface area is 302 Å². The molecule has 0 atom stereocenters. The first-order chi connectivity index (χ1) is 24.3. The molecule has 6 heterocycles. The van der Waals surface area contributed by atoms with Crippen molar-refractivity contribution in [2.75, 3.05) is 37.0 Å². The lowest BCUT2D eigenvalue weighted by atomic mass is 10.1. The summed E-state index contributed by atoms with van der Waals surface area (Å²) < 4.78 is 6.30. The molecule has 0 amide bonds. The van der Waals surface area contributed by atoms with Crippen molar-refractivity contribution in [3.63, 3.8) is 0 Å².